The van der Waals surface area contributed by atoms with Gasteiger partial charge in [0.1, 0.15) is 18.4 Å². The van der Waals surface area contributed by atoms with Crippen LogP contribution in [0.4, 0.5) is 15.8 Å². The summed E-state index contributed by atoms with van der Waals surface area (Å²) in [4.78, 5) is 32.0. The number of nitrogens with one attached hydrogen (secondary N) is 1. The van der Waals surface area contributed by atoms with E-state index >= 15 is 0 Å². The van der Waals surface area contributed by atoms with E-state index < -0.39 is 23.7 Å². The molecule has 33 heavy (non-hydrogen) atoms. The van der Waals surface area contributed by atoms with E-state index in [1.807, 2.05) is 13.0 Å². The number of carbonyl (C=O) groups excluding carboxylic acids is 2. The molecule has 0 aliphatic carbocycles. The van der Waals surface area contributed by atoms with E-state index in [1.165, 1.54) is 11.0 Å². The molecule has 1 aliphatic heterocycles. The Morgan fingerprint density at radius 1 is 1.09 bits per heavy atom. The second kappa shape index (κ2) is 9.33. The number of nitrogens with zero attached hydrogens (tertiary/aromatic N) is 2. The fourth-order valence-corrected chi connectivity index (χ4v) is 4.14. The molecule has 0 radical (unpaired) electrons. The molecule has 0 saturated heterocycles. The third kappa shape index (κ3) is 4.77. The van der Waals surface area contributed by atoms with Gasteiger partial charge in [-0.25, -0.2) is 4.39 Å². The Morgan fingerprint density at radius 2 is 1.85 bits per heavy atom. The van der Waals surface area contributed by atoms with Crippen molar-refractivity contribution in [3.8, 4) is 0 Å². The quantitative estimate of drug-likeness (QED) is 0.520. The summed E-state index contributed by atoms with van der Waals surface area (Å²) < 4.78 is 14.7. The average Bonchev–Trinajstić information content (AvgIpc) is 2.86. The van der Waals surface area contributed by atoms with Gasteiger partial charge in [0.15, 0.2) is 0 Å². The molecule has 0 saturated carbocycles. The maximum absolute atomic E-state index is 14.7. The maximum Gasteiger partial charge on any atom is 0.252 e. The van der Waals surface area contributed by atoms with Crippen molar-refractivity contribution < 1.29 is 14.0 Å². The van der Waals surface area contributed by atoms with E-state index in [2.05, 4.69) is 10.3 Å². The van der Waals surface area contributed by atoms with Gasteiger partial charge in [0.25, 0.3) is 5.91 Å². The summed E-state index contributed by atoms with van der Waals surface area (Å²) in [6, 6.07) is 15.5. The van der Waals surface area contributed by atoms with E-state index in [0.29, 0.717) is 32.7 Å². The summed E-state index contributed by atoms with van der Waals surface area (Å²) in [6.07, 6.45) is 0. The number of hydrogen-bond donors (Lipinski definition) is 1. The molecule has 2 amide bonds. The zero-order valence-corrected chi connectivity index (χ0v) is 19.4. The SMILES string of the molecule is Cc1ccc(NC(=O)CN2C(=O)[C@@H](C)N=C(c3ccccc3F)c3cc(Cl)ccc32)c(Cl)c1. The van der Waals surface area contributed by atoms with Crippen LogP contribution in [0.1, 0.15) is 23.6 Å². The first-order valence-electron chi connectivity index (χ1n) is 10.2. The predicted molar refractivity (Wildman–Crippen MR) is 130 cm³/mol. The lowest BCUT2D eigenvalue weighted by atomic mass is 9.99. The Bertz CT molecular complexity index is 1290. The van der Waals surface area contributed by atoms with Crippen LogP contribution in [0.3, 0.4) is 0 Å². The molecule has 0 bridgehead atoms. The van der Waals surface area contributed by atoms with Gasteiger partial charge in [-0.05, 0) is 61.9 Å². The van der Waals surface area contributed by atoms with E-state index in [4.69, 9.17) is 23.2 Å². The molecule has 3 aromatic rings. The van der Waals surface area contributed by atoms with Crippen LogP contribution in [0.5, 0.6) is 0 Å². The Balaban J connectivity index is 1.73. The highest BCUT2D eigenvalue weighted by Gasteiger charge is 2.32. The standard InChI is InChI=1S/C25H20Cl2FN3O2/c1-14-7-9-21(19(27)11-14)30-23(32)13-31-22-10-8-16(26)12-18(22)24(29-15(2)25(31)33)17-5-3-4-6-20(17)28/h3-12,15H,13H2,1-2H3,(H,30,32)/t15-/m1/s1. The minimum atomic E-state index is -0.846. The molecule has 1 heterocycles. The van der Waals surface area contributed by atoms with E-state index in [1.54, 1.807) is 55.5 Å². The van der Waals surface area contributed by atoms with Gasteiger partial charge >= 0.3 is 0 Å². The molecule has 3 aromatic carbocycles. The van der Waals surface area contributed by atoms with Crippen LogP contribution in [-0.2, 0) is 9.59 Å². The molecule has 0 aromatic heterocycles. The van der Waals surface area contributed by atoms with Crippen molar-refractivity contribution in [2.75, 3.05) is 16.8 Å². The average molecular weight is 484 g/mol. The number of fused-ring (bicyclic) bond motifs is 1. The second-order valence-electron chi connectivity index (χ2n) is 7.75. The first-order valence-corrected chi connectivity index (χ1v) is 11.0. The van der Waals surface area contributed by atoms with Gasteiger partial charge < -0.3 is 10.2 Å². The molecule has 1 atom stereocenters. The molecule has 1 N–H and O–H groups in total. The van der Waals surface area contributed by atoms with Gasteiger partial charge in [-0.1, -0.05) is 41.4 Å². The van der Waals surface area contributed by atoms with E-state index in [-0.39, 0.29) is 12.1 Å². The van der Waals surface area contributed by atoms with Gasteiger partial charge in [-0.2, -0.15) is 0 Å². The largest absolute Gasteiger partial charge is 0.323 e. The molecule has 1 aliphatic rings. The molecule has 8 heteroatoms. The van der Waals surface area contributed by atoms with Gasteiger partial charge in [0, 0.05) is 16.1 Å². The monoisotopic (exact) mass is 483 g/mol. The molecule has 0 unspecified atom stereocenters. The molecule has 5 nitrogen and oxygen atoms in total. The Morgan fingerprint density at radius 3 is 2.58 bits per heavy atom. The third-order valence-electron chi connectivity index (χ3n) is 5.28. The van der Waals surface area contributed by atoms with Crippen LogP contribution in [-0.4, -0.2) is 30.1 Å². The zero-order valence-electron chi connectivity index (χ0n) is 17.9. The fraction of sp³-hybridized carbons (Fsp3) is 0.160. The molecule has 0 fully saturated rings. The lowest BCUT2D eigenvalue weighted by Gasteiger charge is -2.24. The van der Waals surface area contributed by atoms with Gasteiger partial charge in [-0.15, -0.1) is 0 Å². The summed E-state index contributed by atoms with van der Waals surface area (Å²) in [5.41, 5.74) is 2.84. The third-order valence-corrected chi connectivity index (χ3v) is 5.83. The van der Waals surface area contributed by atoms with Gasteiger partial charge in [0.2, 0.25) is 5.91 Å². The summed E-state index contributed by atoms with van der Waals surface area (Å²) in [5.74, 6) is -1.30. The fourth-order valence-electron chi connectivity index (χ4n) is 3.68. The Labute approximate surface area is 200 Å². The van der Waals surface area contributed by atoms with Crippen molar-refractivity contribution in [1.82, 2.24) is 0 Å². The van der Waals surface area contributed by atoms with Crippen molar-refractivity contribution in [3.05, 3.63) is 93.2 Å². The van der Waals surface area contributed by atoms with Crippen LogP contribution in [0.15, 0.2) is 65.7 Å². The number of benzene rings is 3. The summed E-state index contributed by atoms with van der Waals surface area (Å²) >= 11 is 12.5. The number of benzodiazepines with no additional fused rings is 1. The van der Waals surface area contributed by atoms with E-state index in [0.717, 1.165) is 5.56 Å². The topological polar surface area (TPSA) is 61.8 Å². The highest BCUT2D eigenvalue weighted by Crippen LogP contribution is 2.32. The Kier molecular flexibility index (Phi) is 6.49. The van der Waals surface area contributed by atoms with Crippen molar-refractivity contribution >= 4 is 52.1 Å². The maximum atomic E-state index is 14.7. The van der Waals surface area contributed by atoms with Gasteiger partial charge in [-0.3, -0.25) is 14.6 Å². The number of carbonyl (C=O) groups is 2. The molecule has 168 valence electrons. The van der Waals surface area contributed by atoms with E-state index in [9.17, 15) is 14.0 Å². The van der Waals surface area contributed by atoms with Gasteiger partial charge in [0.05, 0.1) is 22.1 Å². The highest BCUT2D eigenvalue weighted by molar-refractivity contribution is 6.34. The highest BCUT2D eigenvalue weighted by atomic mass is 35.5. The summed E-state index contributed by atoms with van der Waals surface area (Å²) in [6.45, 7) is 3.23. The number of halogens is 3. The first kappa shape index (κ1) is 23.0. The Hall–Kier alpha value is -3.22. The smallest absolute Gasteiger partial charge is 0.252 e. The number of hydrogen-bond acceptors (Lipinski definition) is 3. The lowest BCUT2D eigenvalue weighted by Crippen LogP contribution is -2.42. The number of anilines is 2. The van der Waals surface area contributed by atoms with Crippen LogP contribution in [0.25, 0.3) is 0 Å². The predicted octanol–water partition coefficient (Wildman–Crippen LogP) is 5.65. The second-order valence-corrected chi connectivity index (χ2v) is 8.59. The summed E-state index contributed by atoms with van der Waals surface area (Å²) in [7, 11) is 0. The van der Waals surface area contributed by atoms with Crippen LogP contribution in [0.2, 0.25) is 10.0 Å². The molecular weight excluding hydrogens is 464 g/mol. The summed E-state index contributed by atoms with van der Waals surface area (Å²) in [5, 5.41) is 3.54. The van der Waals surface area contributed by atoms with Crippen molar-refractivity contribution in [3.63, 3.8) is 0 Å². The van der Waals surface area contributed by atoms with Crippen molar-refractivity contribution in [2.24, 2.45) is 4.99 Å². The van der Waals surface area contributed by atoms with Crippen molar-refractivity contribution in [2.45, 2.75) is 19.9 Å². The van der Waals surface area contributed by atoms with Crippen LogP contribution < -0.4 is 10.2 Å². The number of rotatable bonds is 4. The number of amides is 2. The molecular formula is C25H20Cl2FN3O2. The lowest BCUT2D eigenvalue weighted by molar-refractivity contribution is -0.122. The van der Waals surface area contributed by atoms with Crippen molar-refractivity contribution in [1.29, 1.82) is 0 Å². The first-order chi connectivity index (χ1) is 15.7. The zero-order chi connectivity index (χ0) is 23.7. The number of aliphatic imine (C=N–C) groups is 1. The molecule has 4 rings (SSSR count). The normalized spacial score (nSPS) is 15.5. The van der Waals surface area contributed by atoms with Crippen LogP contribution in [0, 0.1) is 12.7 Å². The molecule has 0 spiro atoms. The van der Waals surface area contributed by atoms with Crippen LogP contribution >= 0.6 is 23.2 Å². The minimum Gasteiger partial charge on any atom is -0.323 e. The number of aryl methyl sites for hydroxylation is 1. The minimum absolute atomic E-state index is 0.249.